The summed E-state index contributed by atoms with van der Waals surface area (Å²) < 4.78 is 0. The number of rotatable bonds is 1. The molecule has 0 bridgehead atoms. The van der Waals surface area contributed by atoms with Crippen LogP contribution in [-0.4, -0.2) is 5.91 Å². The minimum absolute atomic E-state index is 0.471. The number of hydrogen-bond donors (Lipinski definition) is 1. The molecule has 0 aliphatic heterocycles. The molecule has 1 aliphatic rings. The van der Waals surface area contributed by atoms with Gasteiger partial charge in [-0.1, -0.05) is 12.2 Å². The van der Waals surface area contributed by atoms with Gasteiger partial charge in [0.05, 0.1) is 6.07 Å². The number of nitriles is 1. The number of nitrogens with two attached hydrogens (primary N) is 1. The fourth-order valence-corrected chi connectivity index (χ4v) is 1.21. The summed E-state index contributed by atoms with van der Waals surface area (Å²) in [6, 6.07) is 1.99. The van der Waals surface area contributed by atoms with Crippen LogP contribution in [0.15, 0.2) is 12.2 Å². The predicted octanol–water partition coefficient (Wildman–Crippen LogP) is 0.722. The van der Waals surface area contributed by atoms with E-state index in [-0.39, 0.29) is 0 Å². The number of carbonyl (C=O) groups excluding carboxylic acids is 1. The topological polar surface area (TPSA) is 66.9 Å². The molecule has 3 nitrogen and oxygen atoms in total. The third kappa shape index (κ3) is 1.25. The summed E-state index contributed by atoms with van der Waals surface area (Å²) in [5, 5.41) is 8.73. The van der Waals surface area contributed by atoms with Crippen LogP contribution < -0.4 is 5.73 Å². The van der Waals surface area contributed by atoms with Gasteiger partial charge < -0.3 is 5.73 Å². The summed E-state index contributed by atoms with van der Waals surface area (Å²) >= 11 is 0. The molecular weight excluding hydrogens is 140 g/mol. The Labute approximate surface area is 65.5 Å². The Balaban J connectivity index is 2.86. The number of primary amides is 1. The Hall–Kier alpha value is -1.30. The smallest absolute Gasteiger partial charge is 0.238 e. The van der Waals surface area contributed by atoms with Crippen molar-refractivity contribution in [3.63, 3.8) is 0 Å². The Bertz CT molecular complexity index is 239. The van der Waals surface area contributed by atoms with Crippen LogP contribution in [0.5, 0.6) is 0 Å². The fourth-order valence-electron chi connectivity index (χ4n) is 1.21. The lowest BCUT2D eigenvalue weighted by Gasteiger charge is -2.23. The van der Waals surface area contributed by atoms with Crippen molar-refractivity contribution in [1.29, 1.82) is 5.26 Å². The Morgan fingerprint density at radius 2 is 2.36 bits per heavy atom. The second-order valence-electron chi connectivity index (χ2n) is 2.77. The highest BCUT2D eigenvalue weighted by Gasteiger charge is 2.36. The van der Waals surface area contributed by atoms with Crippen LogP contribution in [0.3, 0.4) is 0 Å². The second-order valence-corrected chi connectivity index (χ2v) is 2.77. The van der Waals surface area contributed by atoms with Gasteiger partial charge in [0.25, 0.3) is 0 Å². The van der Waals surface area contributed by atoms with Gasteiger partial charge in [-0.15, -0.1) is 0 Å². The maximum atomic E-state index is 10.9. The number of allylic oxidation sites excluding steroid dienone is 2. The van der Waals surface area contributed by atoms with Crippen molar-refractivity contribution in [3.8, 4) is 6.07 Å². The maximum Gasteiger partial charge on any atom is 0.238 e. The molecule has 0 aromatic carbocycles. The first kappa shape index (κ1) is 7.80. The molecule has 1 atom stereocenters. The lowest BCUT2D eigenvalue weighted by Crippen LogP contribution is -2.36. The van der Waals surface area contributed by atoms with E-state index in [1.165, 1.54) is 0 Å². The molecule has 0 radical (unpaired) electrons. The largest absolute Gasteiger partial charge is 0.368 e. The standard InChI is InChI=1S/C8H10N2O/c9-6-8(7(10)11)4-2-1-3-5-8/h1-2H,3-5H2,(H2,10,11). The highest BCUT2D eigenvalue weighted by molar-refractivity contribution is 5.84. The Kier molecular flexibility index (Phi) is 1.95. The summed E-state index contributed by atoms with van der Waals surface area (Å²) in [7, 11) is 0. The van der Waals surface area contributed by atoms with Crippen LogP contribution in [0.25, 0.3) is 0 Å². The van der Waals surface area contributed by atoms with Gasteiger partial charge in [-0.2, -0.15) is 5.26 Å². The van der Waals surface area contributed by atoms with Gasteiger partial charge >= 0.3 is 0 Å². The zero-order valence-electron chi connectivity index (χ0n) is 6.21. The molecule has 58 valence electrons. The molecule has 11 heavy (non-hydrogen) atoms. The molecule has 2 N–H and O–H groups in total. The fraction of sp³-hybridized carbons (Fsp3) is 0.500. The van der Waals surface area contributed by atoms with Crippen molar-refractivity contribution in [2.45, 2.75) is 19.3 Å². The molecule has 0 aromatic rings. The van der Waals surface area contributed by atoms with E-state index in [2.05, 4.69) is 0 Å². The molecule has 0 saturated carbocycles. The van der Waals surface area contributed by atoms with Crippen molar-refractivity contribution >= 4 is 5.91 Å². The van der Waals surface area contributed by atoms with Gasteiger partial charge in [0.2, 0.25) is 5.91 Å². The van der Waals surface area contributed by atoms with Crippen molar-refractivity contribution in [2.24, 2.45) is 11.1 Å². The second kappa shape index (κ2) is 2.75. The lowest BCUT2D eigenvalue weighted by molar-refractivity contribution is -0.125. The first-order chi connectivity index (χ1) is 5.21. The monoisotopic (exact) mass is 150 g/mol. The molecule has 0 heterocycles. The quantitative estimate of drug-likeness (QED) is 0.559. The average molecular weight is 150 g/mol. The van der Waals surface area contributed by atoms with E-state index < -0.39 is 11.3 Å². The third-order valence-corrected chi connectivity index (χ3v) is 2.06. The van der Waals surface area contributed by atoms with Gasteiger partial charge in [0, 0.05) is 0 Å². The first-order valence-electron chi connectivity index (χ1n) is 3.57. The van der Waals surface area contributed by atoms with E-state index in [0.717, 1.165) is 6.42 Å². The van der Waals surface area contributed by atoms with Crippen LogP contribution in [0.2, 0.25) is 0 Å². The Morgan fingerprint density at radius 3 is 2.64 bits per heavy atom. The zero-order chi connectivity index (χ0) is 8.32. The maximum absolute atomic E-state index is 10.9. The SMILES string of the molecule is N#CC1(C(N)=O)CC=CCC1. The van der Waals surface area contributed by atoms with E-state index in [1.54, 1.807) is 0 Å². The van der Waals surface area contributed by atoms with Crippen molar-refractivity contribution in [3.05, 3.63) is 12.2 Å². The minimum atomic E-state index is -0.922. The first-order valence-corrected chi connectivity index (χ1v) is 3.57. The summed E-state index contributed by atoms with van der Waals surface area (Å²) in [6.07, 6.45) is 5.63. The van der Waals surface area contributed by atoms with Crippen LogP contribution in [0, 0.1) is 16.7 Å². The van der Waals surface area contributed by atoms with Crippen LogP contribution in [-0.2, 0) is 4.79 Å². The van der Waals surface area contributed by atoms with Crippen molar-refractivity contribution in [2.75, 3.05) is 0 Å². The van der Waals surface area contributed by atoms with Gasteiger partial charge in [-0.25, -0.2) is 0 Å². The van der Waals surface area contributed by atoms with Crippen LogP contribution in [0.1, 0.15) is 19.3 Å². The number of carbonyl (C=O) groups is 1. The van der Waals surface area contributed by atoms with E-state index in [0.29, 0.717) is 12.8 Å². The van der Waals surface area contributed by atoms with Gasteiger partial charge in [0.15, 0.2) is 0 Å². The summed E-state index contributed by atoms with van der Waals surface area (Å²) in [4.78, 5) is 10.9. The molecule has 1 rings (SSSR count). The molecule has 0 fully saturated rings. The van der Waals surface area contributed by atoms with E-state index in [1.807, 2.05) is 18.2 Å². The highest BCUT2D eigenvalue weighted by Crippen LogP contribution is 2.31. The van der Waals surface area contributed by atoms with Crippen LogP contribution >= 0.6 is 0 Å². The molecule has 0 saturated heterocycles. The number of nitrogens with zero attached hydrogens (tertiary/aromatic N) is 1. The molecule has 1 unspecified atom stereocenters. The molecular formula is C8H10N2O. The van der Waals surface area contributed by atoms with E-state index in [9.17, 15) is 4.79 Å². The molecule has 3 heteroatoms. The highest BCUT2D eigenvalue weighted by atomic mass is 16.1. The molecule has 1 aliphatic carbocycles. The predicted molar refractivity (Wildman–Crippen MR) is 40.2 cm³/mol. The number of hydrogen-bond acceptors (Lipinski definition) is 2. The van der Waals surface area contributed by atoms with E-state index in [4.69, 9.17) is 11.0 Å². The minimum Gasteiger partial charge on any atom is -0.368 e. The molecule has 0 aromatic heterocycles. The van der Waals surface area contributed by atoms with E-state index >= 15 is 0 Å². The number of amides is 1. The Morgan fingerprint density at radius 1 is 1.64 bits per heavy atom. The molecule has 0 spiro atoms. The van der Waals surface area contributed by atoms with Gasteiger partial charge in [-0.05, 0) is 19.3 Å². The molecule has 1 amide bonds. The van der Waals surface area contributed by atoms with Crippen LogP contribution in [0.4, 0.5) is 0 Å². The lowest BCUT2D eigenvalue weighted by atomic mass is 9.78. The average Bonchev–Trinajstić information content (AvgIpc) is 2.05. The summed E-state index contributed by atoms with van der Waals surface area (Å²) in [5.41, 5.74) is 4.20. The zero-order valence-corrected chi connectivity index (χ0v) is 6.21. The summed E-state index contributed by atoms with van der Waals surface area (Å²) in [5.74, 6) is -0.496. The van der Waals surface area contributed by atoms with Crippen molar-refractivity contribution < 1.29 is 4.79 Å². The summed E-state index contributed by atoms with van der Waals surface area (Å²) in [6.45, 7) is 0. The van der Waals surface area contributed by atoms with Crippen molar-refractivity contribution in [1.82, 2.24) is 0 Å². The van der Waals surface area contributed by atoms with Gasteiger partial charge in [0.1, 0.15) is 5.41 Å². The normalized spacial score (nSPS) is 29.4. The third-order valence-electron chi connectivity index (χ3n) is 2.06. The van der Waals surface area contributed by atoms with Gasteiger partial charge in [-0.3, -0.25) is 4.79 Å².